The van der Waals surface area contributed by atoms with Gasteiger partial charge in [-0.15, -0.1) is 0 Å². The van der Waals surface area contributed by atoms with E-state index >= 15 is 0 Å². The third kappa shape index (κ3) is 7.24. The van der Waals surface area contributed by atoms with Crippen LogP contribution in [0.1, 0.15) is 18.2 Å². The lowest BCUT2D eigenvalue weighted by atomic mass is 10.1. The molecule has 2 N–H and O–H groups in total. The first-order valence-corrected chi connectivity index (χ1v) is 8.92. The third-order valence-corrected chi connectivity index (χ3v) is 4.01. The molecule has 1 aromatic carbocycles. The highest BCUT2D eigenvalue weighted by atomic mass is 16.5. The van der Waals surface area contributed by atoms with E-state index in [-0.39, 0.29) is 19.1 Å². The molecule has 3 amide bonds. The molecule has 0 saturated carbocycles. The van der Waals surface area contributed by atoms with Gasteiger partial charge in [-0.2, -0.15) is 0 Å². The molecule has 2 rings (SSSR count). The lowest BCUT2D eigenvalue weighted by molar-refractivity contribution is -0.145. The fourth-order valence-electron chi connectivity index (χ4n) is 2.68. The van der Waals surface area contributed by atoms with Crippen molar-refractivity contribution in [1.29, 1.82) is 0 Å². The quantitative estimate of drug-likeness (QED) is 0.638. The monoisotopic (exact) mass is 387 g/mol. The molecule has 1 unspecified atom stereocenters. The number of methoxy groups -OCH3 is 1. The fourth-order valence-corrected chi connectivity index (χ4v) is 2.68. The van der Waals surface area contributed by atoms with Gasteiger partial charge in [0, 0.05) is 13.1 Å². The van der Waals surface area contributed by atoms with Crippen LogP contribution in [0, 0.1) is 5.92 Å². The molecule has 8 heteroatoms. The number of hydrogen-bond donors (Lipinski definition) is 2. The Hall–Kier alpha value is -3.13. The predicted molar refractivity (Wildman–Crippen MR) is 102 cm³/mol. The first-order valence-electron chi connectivity index (χ1n) is 8.92. The normalized spacial score (nSPS) is 11.7. The van der Waals surface area contributed by atoms with Gasteiger partial charge in [-0.05, 0) is 17.7 Å². The second-order valence-electron chi connectivity index (χ2n) is 6.39. The molecule has 0 aliphatic carbocycles. The minimum Gasteiger partial charge on any atom is -0.469 e. The summed E-state index contributed by atoms with van der Waals surface area (Å²) in [6.45, 7) is 2.66. The Balaban J connectivity index is 1.90. The van der Waals surface area contributed by atoms with E-state index in [1.807, 2.05) is 30.3 Å². The van der Waals surface area contributed by atoms with Crippen LogP contribution in [0.4, 0.5) is 4.79 Å². The fraction of sp³-hybridized carbons (Fsp3) is 0.350. The molecule has 28 heavy (non-hydrogen) atoms. The van der Waals surface area contributed by atoms with E-state index < -0.39 is 17.9 Å². The molecule has 0 radical (unpaired) electrons. The maximum Gasteiger partial charge on any atom is 0.321 e. The summed E-state index contributed by atoms with van der Waals surface area (Å²) < 4.78 is 9.88. The van der Waals surface area contributed by atoms with E-state index in [9.17, 15) is 14.4 Å². The molecule has 0 bridgehead atoms. The molecule has 1 aromatic heterocycles. The Bertz CT molecular complexity index is 761. The third-order valence-electron chi connectivity index (χ3n) is 4.01. The number of rotatable bonds is 9. The van der Waals surface area contributed by atoms with Crippen LogP contribution in [0.25, 0.3) is 0 Å². The second-order valence-corrected chi connectivity index (χ2v) is 6.39. The molecule has 8 nitrogen and oxygen atoms in total. The maximum atomic E-state index is 12.3. The van der Waals surface area contributed by atoms with E-state index in [1.165, 1.54) is 13.4 Å². The molecule has 2 aromatic rings. The topological polar surface area (TPSA) is 101 Å². The number of carbonyl (C=O) groups is 3. The summed E-state index contributed by atoms with van der Waals surface area (Å²) in [5.41, 5.74) is 0.995. The first-order chi connectivity index (χ1) is 13.5. The van der Waals surface area contributed by atoms with Gasteiger partial charge in [0.05, 0.1) is 32.4 Å². The second kappa shape index (κ2) is 10.9. The largest absolute Gasteiger partial charge is 0.469 e. The van der Waals surface area contributed by atoms with E-state index in [2.05, 4.69) is 10.6 Å². The summed E-state index contributed by atoms with van der Waals surface area (Å²) in [5, 5.41) is 4.84. The van der Waals surface area contributed by atoms with Crippen molar-refractivity contribution in [3.63, 3.8) is 0 Å². The van der Waals surface area contributed by atoms with Crippen molar-refractivity contribution in [2.45, 2.75) is 20.0 Å². The zero-order valence-electron chi connectivity index (χ0n) is 16.0. The summed E-state index contributed by atoms with van der Waals surface area (Å²) in [4.78, 5) is 37.7. The van der Waals surface area contributed by atoms with Gasteiger partial charge in [0.15, 0.2) is 0 Å². The van der Waals surface area contributed by atoms with Crippen LogP contribution in [-0.2, 0) is 27.4 Å². The number of imide groups is 1. The Morgan fingerprint density at radius 3 is 2.54 bits per heavy atom. The van der Waals surface area contributed by atoms with Crippen molar-refractivity contribution in [1.82, 2.24) is 15.5 Å². The number of ether oxygens (including phenoxy) is 1. The Labute approximate surface area is 163 Å². The Morgan fingerprint density at radius 1 is 1.14 bits per heavy atom. The van der Waals surface area contributed by atoms with Gasteiger partial charge in [0.2, 0.25) is 5.91 Å². The van der Waals surface area contributed by atoms with Gasteiger partial charge in [-0.3, -0.25) is 19.8 Å². The highest BCUT2D eigenvalue weighted by molar-refractivity contribution is 5.95. The summed E-state index contributed by atoms with van der Waals surface area (Å²) in [6.07, 6.45) is 1.50. The number of furan rings is 1. The van der Waals surface area contributed by atoms with Gasteiger partial charge in [0.25, 0.3) is 0 Å². The maximum absolute atomic E-state index is 12.3. The standard InChI is InChI=1S/C20H25N3O5/c1-15(19(25)27-2)12-23(13-16-7-4-3-5-8-16)14-18(24)22-20(26)21-11-17-9-6-10-28-17/h3-10,15H,11-14H2,1-2H3,(H2,21,22,24,26). The van der Waals surface area contributed by atoms with Crippen LogP contribution in [0.5, 0.6) is 0 Å². The SMILES string of the molecule is COC(=O)C(C)CN(CC(=O)NC(=O)NCc1ccco1)Cc1ccccc1. The van der Waals surface area contributed by atoms with E-state index in [0.29, 0.717) is 18.8 Å². The molecule has 0 saturated heterocycles. The molecule has 1 atom stereocenters. The number of esters is 1. The summed E-state index contributed by atoms with van der Waals surface area (Å²) in [7, 11) is 1.33. The molecular formula is C20H25N3O5. The summed E-state index contributed by atoms with van der Waals surface area (Å²) in [5.74, 6) is -0.644. The van der Waals surface area contributed by atoms with Crippen molar-refractivity contribution in [2.24, 2.45) is 5.92 Å². The summed E-state index contributed by atoms with van der Waals surface area (Å²) >= 11 is 0. The zero-order chi connectivity index (χ0) is 20.4. The van der Waals surface area contributed by atoms with E-state index in [0.717, 1.165) is 5.56 Å². The molecule has 150 valence electrons. The highest BCUT2D eigenvalue weighted by Gasteiger charge is 2.20. The lowest BCUT2D eigenvalue weighted by Gasteiger charge is -2.24. The predicted octanol–water partition coefficient (Wildman–Crippen LogP) is 1.92. The summed E-state index contributed by atoms with van der Waals surface area (Å²) in [6, 6.07) is 12.4. The molecule has 0 aliphatic rings. The molecule has 1 heterocycles. The van der Waals surface area contributed by atoms with Gasteiger partial charge in [-0.25, -0.2) is 4.79 Å². The number of amides is 3. The number of carbonyl (C=O) groups excluding carboxylic acids is 3. The van der Waals surface area contributed by atoms with Crippen molar-refractivity contribution in [3.8, 4) is 0 Å². The van der Waals surface area contributed by atoms with Crippen molar-refractivity contribution >= 4 is 17.9 Å². The average Bonchev–Trinajstić information content (AvgIpc) is 3.20. The van der Waals surface area contributed by atoms with E-state index in [1.54, 1.807) is 24.0 Å². The minimum absolute atomic E-state index is 0.0373. The first kappa shape index (κ1) is 21.2. The molecule has 0 spiro atoms. The number of nitrogens with zero attached hydrogens (tertiary/aromatic N) is 1. The van der Waals surface area contributed by atoms with Gasteiger partial charge in [0.1, 0.15) is 5.76 Å². The number of nitrogens with one attached hydrogen (secondary N) is 2. The number of urea groups is 1. The van der Waals surface area contributed by atoms with Crippen LogP contribution < -0.4 is 10.6 Å². The minimum atomic E-state index is -0.609. The van der Waals surface area contributed by atoms with Gasteiger partial charge in [-0.1, -0.05) is 37.3 Å². The smallest absolute Gasteiger partial charge is 0.321 e. The Kier molecular flexibility index (Phi) is 8.23. The lowest BCUT2D eigenvalue weighted by Crippen LogP contribution is -2.45. The van der Waals surface area contributed by atoms with Crippen molar-refractivity contribution in [2.75, 3.05) is 20.2 Å². The van der Waals surface area contributed by atoms with Gasteiger partial charge < -0.3 is 14.5 Å². The van der Waals surface area contributed by atoms with Crippen LogP contribution in [-0.4, -0.2) is 43.0 Å². The molecule has 0 fully saturated rings. The average molecular weight is 387 g/mol. The Morgan fingerprint density at radius 2 is 1.89 bits per heavy atom. The van der Waals surface area contributed by atoms with Crippen LogP contribution in [0.3, 0.4) is 0 Å². The van der Waals surface area contributed by atoms with Crippen molar-refractivity contribution in [3.05, 3.63) is 60.1 Å². The van der Waals surface area contributed by atoms with Crippen molar-refractivity contribution < 1.29 is 23.5 Å². The van der Waals surface area contributed by atoms with Crippen LogP contribution >= 0.6 is 0 Å². The molecular weight excluding hydrogens is 362 g/mol. The number of hydrogen-bond acceptors (Lipinski definition) is 6. The van der Waals surface area contributed by atoms with Gasteiger partial charge >= 0.3 is 12.0 Å². The molecule has 0 aliphatic heterocycles. The highest BCUT2D eigenvalue weighted by Crippen LogP contribution is 2.08. The van der Waals surface area contributed by atoms with Crippen LogP contribution in [0.2, 0.25) is 0 Å². The zero-order valence-corrected chi connectivity index (χ0v) is 16.0. The van der Waals surface area contributed by atoms with Crippen LogP contribution in [0.15, 0.2) is 53.1 Å². The number of benzene rings is 1. The van der Waals surface area contributed by atoms with E-state index in [4.69, 9.17) is 9.15 Å².